The second-order valence-electron chi connectivity index (χ2n) is 14.2. The van der Waals surface area contributed by atoms with Gasteiger partial charge >= 0.3 is 0 Å². The highest BCUT2D eigenvalue weighted by Gasteiger charge is 2.37. The summed E-state index contributed by atoms with van der Waals surface area (Å²) in [6.07, 6.45) is 4.07. The van der Waals surface area contributed by atoms with Crippen LogP contribution >= 0.6 is 0 Å². The lowest BCUT2D eigenvalue weighted by atomic mass is 9.85. The van der Waals surface area contributed by atoms with E-state index in [1.165, 1.54) is 0 Å². The Kier molecular flexibility index (Phi) is 9.22. The van der Waals surface area contributed by atoms with Gasteiger partial charge in [0.1, 0.15) is 11.2 Å². The van der Waals surface area contributed by atoms with E-state index < -0.39 is 9.84 Å². The molecule has 3 unspecified atom stereocenters. The van der Waals surface area contributed by atoms with Crippen LogP contribution in [0.5, 0.6) is 0 Å². The molecule has 8 rings (SSSR count). The smallest absolute Gasteiger partial charge is 0.207 e. The predicted octanol–water partition coefficient (Wildman–Crippen LogP) is 12.8. The molecule has 5 heteroatoms. The van der Waals surface area contributed by atoms with Crippen molar-refractivity contribution in [1.82, 2.24) is 0 Å². The van der Waals surface area contributed by atoms with Gasteiger partial charge in [-0.05, 0) is 83.5 Å². The Labute approximate surface area is 312 Å². The van der Waals surface area contributed by atoms with Gasteiger partial charge in [-0.2, -0.15) is 0 Å². The molecule has 0 saturated heterocycles. The van der Waals surface area contributed by atoms with Crippen molar-refractivity contribution in [3.63, 3.8) is 0 Å². The normalized spacial score (nSPS) is 15.6. The van der Waals surface area contributed by atoms with Gasteiger partial charge in [0.05, 0.1) is 21.5 Å². The van der Waals surface area contributed by atoms with Gasteiger partial charge in [0, 0.05) is 33.4 Å². The van der Waals surface area contributed by atoms with Crippen molar-refractivity contribution in [1.29, 1.82) is 0 Å². The maximum atomic E-state index is 14.3. The zero-order valence-electron chi connectivity index (χ0n) is 30.6. The summed E-state index contributed by atoms with van der Waals surface area (Å²) < 4.78 is 34.8. The van der Waals surface area contributed by atoms with Crippen LogP contribution in [0.25, 0.3) is 49.8 Å². The summed E-state index contributed by atoms with van der Waals surface area (Å²) in [6, 6.07) is 46.6. The SMILES string of the molecule is CCC(/C=C(\C)c1ccccc1)C(=NC(c1ccccc1)C(C)CC)c1cccc2c1-c1cc(-c3ccc4oc5ccccc5c4c3)ccc1S2(=O)=O. The number of hydrogen-bond acceptors (Lipinski definition) is 4. The molecule has 0 aliphatic carbocycles. The first kappa shape index (κ1) is 34.6. The molecule has 6 aromatic carbocycles. The van der Waals surface area contributed by atoms with Gasteiger partial charge in [-0.15, -0.1) is 0 Å². The fourth-order valence-electron chi connectivity index (χ4n) is 7.82. The van der Waals surface area contributed by atoms with E-state index in [0.717, 1.165) is 85.0 Å². The average Bonchev–Trinajstić information content (AvgIpc) is 3.69. The van der Waals surface area contributed by atoms with Crippen molar-refractivity contribution in [2.24, 2.45) is 16.8 Å². The molecule has 53 heavy (non-hydrogen) atoms. The van der Waals surface area contributed by atoms with Gasteiger partial charge in [0.2, 0.25) is 9.84 Å². The molecule has 1 aliphatic rings. The van der Waals surface area contributed by atoms with Crippen molar-refractivity contribution in [3.05, 3.63) is 162 Å². The lowest BCUT2D eigenvalue weighted by Gasteiger charge is -2.25. The molecule has 1 aromatic heterocycles. The van der Waals surface area contributed by atoms with Crippen LogP contribution in [0.2, 0.25) is 0 Å². The Morgan fingerprint density at radius 2 is 1.38 bits per heavy atom. The molecule has 264 valence electrons. The molecule has 0 fully saturated rings. The summed E-state index contributed by atoms with van der Waals surface area (Å²) >= 11 is 0. The Morgan fingerprint density at radius 3 is 2.13 bits per heavy atom. The van der Waals surface area contributed by atoms with E-state index in [0.29, 0.717) is 9.79 Å². The molecule has 0 saturated carbocycles. The Morgan fingerprint density at radius 1 is 0.698 bits per heavy atom. The minimum Gasteiger partial charge on any atom is -0.456 e. The number of hydrogen-bond donors (Lipinski definition) is 0. The Balaban J connectivity index is 1.35. The number of aliphatic imine (C=N–C) groups is 1. The second-order valence-corrected chi connectivity index (χ2v) is 16.1. The number of allylic oxidation sites excluding steroid dienone is 2. The topological polar surface area (TPSA) is 59.6 Å². The zero-order valence-corrected chi connectivity index (χ0v) is 31.4. The molecule has 1 aliphatic heterocycles. The van der Waals surface area contributed by atoms with Crippen LogP contribution in [0, 0.1) is 11.8 Å². The lowest BCUT2D eigenvalue weighted by Crippen LogP contribution is -2.19. The summed E-state index contributed by atoms with van der Waals surface area (Å²) in [4.78, 5) is 6.38. The fraction of sp³-hybridized carbons (Fsp3) is 0.188. The molecule has 2 heterocycles. The first-order valence-corrected chi connectivity index (χ1v) is 20.1. The number of furan rings is 1. The van der Waals surface area contributed by atoms with Crippen molar-refractivity contribution in [3.8, 4) is 22.3 Å². The molecule has 0 amide bonds. The van der Waals surface area contributed by atoms with E-state index in [2.05, 4.69) is 113 Å². The van der Waals surface area contributed by atoms with Crippen molar-refractivity contribution < 1.29 is 12.8 Å². The largest absolute Gasteiger partial charge is 0.456 e. The summed E-state index contributed by atoms with van der Waals surface area (Å²) in [5, 5.41) is 2.09. The van der Waals surface area contributed by atoms with Gasteiger partial charge in [-0.25, -0.2) is 8.42 Å². The molecule has 0 bridgehead atoms. The van der Waals surface area contributed by atoms with E-state index >= 15 is 0 Å². The maximum absolute atomic E-state index is 14.3. The minimum atomic E-state index is -3.76. The fourth-order valence-corrected chi connectivity index (χ4v) is 9.50. The van der Waals surface area contributed by atoms with Gasteiger partial charge in [0.25, 0.3) is 0 Å². The summed E-state index contributed by atoms with van der Waals surface area (Å²) in [5.41, 5.74) is 10.3. The first-order chi connectivity index (χ1) is 25.8. The van der Waals surface area contributed by atoms with E-state index in [4.69, 9.17) is 9.41 Å². The number of nitrogens with zero attached hydrogens (tertiary/aromatic N) is 1. The summed E-state index contributed by atoms with van der Waals surface area (Å²) in [6.45, 7) is 8.81. The van der Waals surface area contributed by atoms with Crippen LogP contribution in [-0.4, -0.2) is 14.1 Å². The zero-order chi connectivity index (χ0) is 36.7. The van der Waals surface area contributed by atoms with E-state index in [1.54, 1.807) is 12.1 Å². The highest BCUT2D eigenvalue weighted by molar-refractivity contribution is 7.92. The van der Waals surface area contributed by atoms with Gasteiger partial charge in [-0.3, -0.25) is 4.99 Å². The molecular formula is C48H43NO3S. The van der Waals surface area contributed by atoms with Crippen LogP contribution in [-0.2, 0) is 9.84 Å². The average molecular weight is 714 g/mol. The third kappa shape index (κ3) is 6.23. The highest BCUT2D eigenvalue weighted by atomic mass is 32.2. The van der Waals surface area contributed by atoms with E-state index in [-0.39, 0.29) is 17.9 Å². The number of sulfone groups is 1. The second kappa shape index (κ2) is 14.1. The highest BCUT2D eigenvalue weighted by Crippen LogP contribution is 2.48. The number of para-hydroxylation sites is 1. The Hall–Kier alpha value is -5.52. The molecule has 4 nitrogen and oxygen atoms in total. The molecule has 7 aromatic rings. The van der Waals surface area contributed by atoms with E-state index in [9.17, 15) is 8.42 Å². The Bertz CT molecular complexity index is 2640. The van der Waals surface area contributed by atoms with Crippen molar-refractivity contribution in [2.45, 2.75) is 56.4 Å². The quantitative estimate of drug-likeness (QED) is 0.133. The number of fused-ring (bicyclic) bond motifs is 6. The van der Waals surface area contributed by atoms with E-state index in [1.807, 2.05) is 48.5 Å². The van der Waals surface area contributed by atoms with Crippen LogP contribution in [0.1, 0.15) is 63.3 Å². The van der Waals surface area contributed by atoms with Crippen LogP contribution in [0.3, 0.4) is 0 Å². The molecule has 0 N–H and O–H groups in total. The lowest BCUT2D eigenvalue weighted by molar-refractivity contribution is 0.457. The van der Waals surface area contributed by atoms with Crippen molar-refractivity contribution >= 4 is 43.1 Å². The maximum Gasteiger partial charge on any atom is 0.207 e. The standard InChI is InChI=1S/C48H43NO3S/c1-5-31(3)47(35-18-11-8-12-19-35)49-48(33(6-2)28-32(4)34-16-9-7-10-17-34)39-21-15-23-45-46(39)41-30-37(25-27-44(41)53(45,50)51)36-24-26-43-40(29-36)38-20-13-14-22-42(38)52-43/h7-31,33,47H,5-6H2,1-4H3/b32-28+,49-48?. The third-order valence-corrected chi connectivity index (χ3v) is 12.8. The third-order valence-electron chi connectivity index (χ3n) is 10.9. The predicted molar refractivity (Wildman–Crippen MR) is 219 cm³/mol. The van der Waals surface area contributed by atoms with Gasteiger partial charge < -0.3 is 4.42 Å². The summed E-state index contributed by atoms with van der Waals surface area (Å²) in [7, 11) is -3.76. The minimum absolute atomic E-state index is 0.0660. The van der Waals surface area contributed by atoms with Gasteiger partial charge in [0.15, 0.2) is 0 Å². The molecular weight excluding hydrogens is 671 g/mol. The first-order valence-electron chi connectivity index (χ1n) is 18.6. The summed E-state index contributed by atoms with van der Waals surface area (Å²) in [5.74, 6) is 0.195. The number of benzene rings is 6. The molecule has 0 spiro atoms. The monoisotopic (exact) mass is 713 g/mol. The van der Waals surface area contributed by atoms with Crippen LogP contribution < -0.4 is 0 Å². The van der Waals surface area contributed by atoms with Gasteiger partial charge in [-0.1, -0.05) is 136 Å². The molecule has 3 atom stereocenters. The van der Waals surface area contributed by atoms with Crippen LogP contribution in [0.15, 0.2) is 165 Å². The molecule has 0 radical (unpaired) electrons. The number of rotatable bonds is 10. The van der Waals surface area contributed by atoms with Crippen LogP contribution in [0.4, 0.5) is 0 Å². The van der Waals surface area contributed by atoms with Crippen molar-refractivity contribution in [2.75, 3.05) is 0 Å².